The van der Waals surface area contributed by atoms with Crippen molar-refractivity contribution in [1.29, 1.82) is 0 Å². The number of rotatable bonds is 8. The molecule has 1 N–H and O–H groups in total. The lowest BCUT2D eigenvalue weighted by atomic mass is 9.91. The van der Waals surface area contributed by atoms with E-state index < -0.39 is 0 Å². The summed E-state index contributed by atoms with van der Waals surface area (Å²) >= 11 is 0. The second-order valence-corrected chi connectivity index (χ2v) is 5.49. The highest BCUT2D eigenvalue weighted by atomic mass is 14.9. The van der Waals surface area contributed by atoms with Crippen molar-refractivity contribution in [2.24, 2.45) is 5.92 Å². The van der Waals surface area contributed by atoms with Crippen molar-refractivity contribution in [3.63, 3.8) is 0 Å². The molecule has 0 spiro atoms. The summed E-state index contributed by atoms with van der Waals surface area (Å²) < 4.78 is 0. The molecule has 0 amide bonds. The molecule has 1 aromatic carbocycles. The zero-order valence-corrected chi connectivity index (χ0v) is 12.5. The Bertz CT molecular complexity index is 332. The largest absolute Gasteiger partial charge is 0.310 e. The highest BCUT2D eigenvalue weighted by Crippen LogP contribution is 2.26. The molecule has 18 heavy (non-hydrogen) atoms. The minimum Gasteiger partial charge on any atom is -0.310 e. The van der Waals surface area contributed by atoms with Crippen molar-refractivity contribution >= 4 is 0 Å². The van der Waals surface area contributed by atoms with Crippen molar-refractivity contribution in [3.8, 4) is 0 Å². The van der Waals surface area contributed by atoms with E-state index >= 15 is 0 Å². The van der Waals surface area contributed by atoms with Crippen LogP contribution in [-0.4, -0.2) is 6.54 Å². The van der Waals surface area contributed by atoms with Gasteiger partial charge in [0.2, 0.25) is 0 Å². The number of hydrogen-bond donors (Lipinski definition) is 1. The highest BCUT2D eigenvalue weighted by Gasteiger charge is 2.15. The molecule has 2 unspecified atom stereocenters. The van der Waals surface area contributed by atoms with Crippen molar-refractivity contribution in [2.45, 2.75) is 59.4 Å². The molecule has 0 aromatic heterocycles. The Kier molecular flexibility index (Phi) is 7.04. The third-order valence-corrected chi connectivity index (χ3v) is 3.62. The third kappa shape index (κ3) is 4.81. The van der Waals surface area contributed by atoms with Gasteiger partial charge in [-0.25, -0.2) is 0 Å². The van der Waals surface area contributed by atoms with Gasteiger partial charge < -0.3 is 5.32 Å². The van der Waals surface area contributed by atoms with E-state index in [1.807, 2.05) is 0 Å². The third-order valence-electron chi connectivity index (χ3n) is 3.62. The molecule has 102 valence electrons. The molecule has 0 aliphatic heterocycles. The molecule has 0 saturated carbocycles. The van der Waals surface area contributed by atoms with Crippen LogP contribution in [0.3, 0.4) is 0 Å². The molecule has 1 heteroatoms. The molecule has 0 saturated heterocycles. The van der Waals surface area contributed by atoms with E-state index in [4.69, 9.17) is 0 Å². The Morgan fingerprint density at radius 3 is 2.44 bits per heavy atom. The van der Waals surface area contributed by atoms with Gasteiger partial charge in [-0.05, 0) is 43.4 Å². The van der Waals surface area contributed by atoms with E-state index in [9.17, 15) is 0 Å². The molecule has 0 fully saturated rings. The SMILES string of the molecule is CCCNC(CC(C)CCC)c1ccccc1C. The molecular formula is C17H29N. The first-order valence-electron chi connectivity index (χ1n) is 7.47. The predicted molar refractivity (Wildman–Crippen MR) is 80.9 cm³/mol. The monoisotopic (exact) mass is 247 g/mol. The summed E-state index contributed by atoms with van der Waals surface area (Å²) in [7, 11) is 0. The van der Waals surface area contributed by atoms with E-state index in [0.717, 1.165) is 12.5 Å². The summed E-state index contributed by atoms with van der Waals surface area (Å²) in [5.41, 5.74) is 2.89. The molecule has 0 aliphatic carbocycles. The van der Waals surface area contributed by atoms with Gasteiger partial charge in [-0.1, -0.05) is 57.9 Å². The lowest BCUT2D eigenvalue weighted by Crippen LogP contribution is -2.24. The molecule has 1 nitrogen and oxygen atoms in total. The first kappa shape index (κ1) is 15.2. The van der Waals surface area contributed by atoms with E-state index in [1.165, 1.54) is 36.8 Å². The summed E-state index contributed by atoms with van der Waals surface area (Å²) in [5, 5.41) is 3.72. The normalized spacial score (nSPS) is 14.4. The van der Waals surface area contributed by atoms with Crippen molar-refractivity contribution in [2.75, 3.05) is 6.54 Å². The van der Waals surface area contributed by atoms with Gasteiger partial charge in [0, 0.05) is 6.04 Å². The molecule has 1 rings (SSSR count). The molecular weight excluding hydrogens is 218 g/mol. The van der Waals surface area contributed by atoms with Crippen LogP contribution in [-0.2, 0) is 0 Å². The summed E-state index contributed by atoms with van der Waals surface area (Å²) in [6.07, 6.45) is 5.06. The number of aryl methyl sites for hydroxylation is 1. The van der Waals surface area contributed by atoms with Crippen LogP contribution < -0.4 is 5.32 Å². The summed E-state index contributed by atoms with van der Waals surface area (Å²) in [6.45, 7) is 10.2. The number of nitrogens with one attached hydrogen (secondary N) is 1. The van der Waals surface area contributed by atoms with Crippen molar-refractivity contribution in [3.05, 3.63) is 35.4 Å². The highest BCUT2D eigenvalue weighted by molar-refractivity contribution is 5.28. The Labute approximate surface area is 113 Å². The van der Waals surface area contributed by atoms with E-state index in [1.54, 1.807) is 0 Å². The Hall–Kier alpha value is -0.820. The molecule has 0 heterocycles. The summed E-state index contributed by atoms with van der Waals surface area (Å²) in [6, 6.07) is 9.31. The maximum atomic E-state index is 3.72. The van der Waals surface area contributed by atoms with E-state index in [2.05, 4.69) is 57.3 Å². The van der Waals surface area contributed by atoms with Gasteiger partial charge >= 0.3 is 0 Å². The van der Waals surface area contributed by atoms with Gasteiger partial charge in [-0.15, -0.1) is 0 Å². The fourth-order valence-electron chi connectivity index (χ4n) is 2.63. The van der Waals surface area contributed by atoms with Gasteiger partial charge in [0.15, 0.2) is 0 Å². The van der Waals surface area contributed by atoms with Crippen LogP contribution >= 0.6 is 0 Å². The number of benzene rings is 1. The fourth-order valence-corrected chi connectivity index (χ4v) is 2.63. The molecule has 2 atom stereocenters. The van der Waals surface area contributed by atoms with Crippen LogP contribution in [0.25, 0.3) is 0 Å². The molecule has 0 aliphatic rings. The van der Waals surface area contributed by atoms with Crippen LogP contribution in [0.4, 0.5) is 0 Å². The Morgan fingerprint density at radius 2 is 1.83 bits per heavy atom. The zero-order chi connectivity index (χ0) is 13.4. The van der Waals surface area contributed by atoms with Gasteiger partial charge in [-0.3, -0.25) is 0 Å². The van der Waals surface area contributed by atoms with Crippen molar-refractivity contribution < 1.29 is 0 Å². The summed E-state index contributed by atoms with van der Waals surface area (Å²) in [5.74, 6) is 0.795. The zero-order valence-electron chi connectivity index (χ0n) is 12.5. The minimum absolute atomic E-state index is 0.521. The molecule has 0 bridgehead atoms. The first-order valence-corrected chi connectivity index (χ1v) is 7.47. The maximum Gasteiger partial charge on any atom is 0.0325 e. The quantitative estimate of drug-likeness (QED) is 0.691. The summed E-state index contributed by atoms with van der Waals surface area (Å²) in [4.78, 5) is 0. The van der Waals surface area contributed by atoms with Gasteiger partial charge in [-0.2, -0.15) is 0 Å². The standard InChI is InChI=1S/C17H29N/c1-5-9-14(3)13-17(18-12-6-2)16-11-8-7-10-15(16)4/h7-8,10-11,14,17-18H,5-6,9,12-13H2,1-4H3. The molecule has 1 aromatic rings. The van der Waals surface area contributed by atoms with Crippen LogP contribution in [0.15, 0.2) is 24.3 Å². The predicted octanol–water partition coefficient (Wildman–Crippen LogP) is 4.86. The lowest BCUT2D eigenvalue weighted by Gasteiger charge is -2.24. The van der Waals surface area contributed by atoms with Gasteiger partial charge in [0.1, 0.15) is 0 Å². The topological polar surface area (TPSA) is 12.0 Å². The molecule has 0 radical (unpaired) electrons. The van der Waals surface area contributed by atoms with Crippen LogP contribution in [0, 0.1) is 12.8 Å². The second kappa shape index (κ2) is 8.31. The van der Waals surface area contributed by atoms with Crippen LogP contribution in [0.1, 0.15) is 63.6 Å². The van der Waals surface area contributed by atoms with Crippen LogP contribution in [0.5, 0.6) is 0 Å². The van der Waals surface area contributed by atoms with Crippen LogP contribution in [0.2, 0.25) is 0 Å². The average molecular weight is 247 g/mol. The number of hydrogen-bond acceptors (Lipinski definition) is 1. The first-order chi connectivity index (χ1) is 8.69. The average Bonchev–Trinajstić information content (AvgIpc) is 2.35. The van der Waals surface area contributed by atoms with Gasteiger partial charge in [0.05, 0.1) is 0 Å². The van der Waals surface area contributed by atoms with E-state index in [-0.39, 0.29) is 0 Å². The Morgan fingerprint density at radius 1 is 1.11 bits per heavy atom. The minimum atomic E-state index is 0.521. The fraction of sp³-hybridized carbons (Fsp3) is 0.647. The smallest absolute Gasteiger partial charge is 0.0325 e. The van der Waals surface area contributed by atoms with Gasteiger partial charge in [0.25, 0.3) is 0 Å². The van der Waals surface area contributed by atoms with E-state index in [0.29, 0.717) is 6.04 Å². The Balaban J connectivity index is 2.74. The maximum absolute atomic E-state index is 3.72. The van der Waals surface area contributed by atoms with Crippen molar-refractivity contribution in [1.82, 2.24) is 5.32 Å². The second-order valence-electron chi connectivity index (χ2n) is 5.49. The lowest BCUT2D eigenvalue weighted by molar-refractivity contribution is 0.389.